The second-order valence-corrected chi connectivity index (χ2v) is 6.77. The number of halogens is 2. The normalized spacial score (nSPS) is 22.6. The van der Waals surface area contributed by atoms with Gasteiger partial charge in [0.25, 0.3) is 0 Å². The monoisotopic (exact) mass is 322 g/mol. The Morgan fingerprint density at radius 2 is 2.15 bits per heavy atom. The largest absolute Gasteiger partial charge is 0.399 e. The quantitative estimate of drug-likeness (QED) is 0.811. The first-order valence-corrected chi connectivity index (χ1v) is 8.08. The van der Waals surface area contributed by atoms with Gasteiger partial charge in [0.05, 0.1) is 11.1 Å². The van der Waals surface area contributed by atoms with Gasteiger partial charge in [-0.2, -0.15) is 0 Å². The third-order valence-electron chi connectivity index (χ3n) is 3.13. The predicted molar refractivity (Wildman–Crippen MR) is 74.6 cm³/mol. The SMILES string of the molecule is CCOC1CC(NS(=O)(=O)c2cc(N)cc(Cl)c2F)C1. The third kappa shape index (κ3) is 3.22. The van der Waals surface area contributed by atoms with Gasteiger partial charge in [0, 0.05) is 18.3 Å². The number of nitrogen functional groups attached to an aromatic ring is 1. The van der Waals surface area contributed by atoms with Crippen molar-refractivity contribution >= 4 is 27.3 Å². The van der Waals surface area contributed by atoms with Crippen LogP contribution in [0.2, 0.25) is 5.02 Å². The van der Waals surface area contributed by atoms with Gasteiger partial charge in [0.2, 0.25) is 10.0 Å². The standard InChI is InChI=1S/C12H16ClFN2O3S/c1-2-19-9-5-8(6-9)16-20(17,18)11-4-7(15)3-10(13)12(11)14/h3-4,8-9,16H,2,5-6,15H2,1H3. The Morgan fingerprint density at radius 1 is 1.50 bits per heavy atom. The van der Waals surface area contributed by atoms with Crippen LogP contribution in [0.25, 0.3) is 0 Å². The van der Waals surface area contributed by atoms with Crippen molar-refractivity contribution in [2.24, 2.45) is 0 Å². The number of sulfonamides is 1. The van der Waals surface area contributed by atoms with E-state index in [9.17, 15) is 12.8 Å². The predicted octanol–water partition coefficient (Wildman–Crippen LogP) is 1.91. The third-order valence-corrected chi connectivity index (χ3v) is 4.92. The molecule has 3 N–H and O–H groups in total. The molecule has 0 atom stereocenters. The molecule has 0 saturated heterocycles. The van der Waals surface area contributed by atoms with Crippen LogP contribution in [0.5, 0.6) is 0 Å². The Kier molecular flexibility index (Phi) is 4.53. The van der Waals surface area contributed by atoms with E-state index < -0.39 is 20.7 Å². The fraction of sp³-hybridized carbons (Fsp3) is 0.500. The summed E-state index contributed by atoms with van der Waals surface area (Å²) in [6.07, 6.45) is 1.21. The van der Waals surface area contributed by atoms with Gasteiger partial charge in [-0.3, -0.25) is 0 Å². The molecule has 1 aliphatic rings. The molecule has 1 aliphatic carbocycles. The molecule has 0 radical (unpaired) electrons. The number of ether oxygens (including phenoxy) is 1. The highest BCUT2D eigenvalue weighted by atomic mass is 35.5. The van der Waals surface area contributed by atoms with Crippen molar-refractivity contribution < 1.29 is 17.5 Å². The Hall–Kier alpha value is -0.890. The Morgan fingerprint density at radius 3 is 2.75 bits per heavy atom. The highest BCUT2D eigenvalue weighted by Gasteiger charge is 2.34. The molecule has 0 unspecified atom stereocenters. The number of nitrogens with two attached hydrogens (primary N) is 1. The molecule has 0 amide bonds. The van der Waals surface area contributed by atoms with Crippen LogP contribution in [0.1, 0.15) is 19.8 Å². The van der Waals surface area contributed by atoms with Crippen LogP contribution < -0.4 is 10.5 Å². The Labute approximate surface area is 122 Å². The molecule has 5 nitrogen and oxygen atoms in total. The number of anilines is 1. The summed E-state index contributed by atoms with van der Waals surface area (Å²) < 4.78 is 45.8. The van der Waals surface area contributed by atoms with Crippen molar-refractivity contribution in [3.8, 4) is 0 Å². The van der Waals surface area contributed by atoms with E-state index in [2.05, 4.69) is 4.72 Å². The first-order valence-electron chi connectivity index (χ1n) is 6.22. The van der Waals surface area contributed by atoms with Crippen LogP contribution >= 0.6 is 11.6 Å². The van der Waals surface area contributed by atoms with Gasteiger partial charge in [-0.15, -0.1) is 0 Å². The maximum atomic E-state index is 13.8. The number of nitrogens with one attached hydrogen (secondary N) is 1. The van der Waals surface area contributed by atoms with Crippen LogP contribution in [0.4, 0.5) is 10.1 Å². The average molecular weight is 323 g/mol. The molecule has 1 aromatic carbocycles. The van der Waals surface area contributed by atoms with E-state index >= 15 is 0 Å². The maximum Gasteiger partial charge on any atom is 0.243 e. The zero-order chi connectivity index (χ0) is 14.9. The second kappa shape index (κ2) is 5.85. The summed E-state index contributed by atoms with van der Waals surface area (Å²) in [6, 6.07) is 1.98. The van der Waals surface area contributed by atoms with E-state index in [1.807, 2.05) is 6.92 Å². The summed E-state index contributed by atoms with van der Waals surface area (Å²) >= 11 is 5.61. The minimum atomic E-state index is -3.98. The first-order chi connectivity index (χ1) is 9.33. The zero-order valence-corrected chi connectivity index (χ0v) is 12.5. The Balaban J connectivity index is 2.12. The lowest BCUT2D eigenvalue weighted by Gasteiger charge is -2.35. The molecule has 20 heavy (non-hydrogen) atoms. The van der Waals surface area contributed by atoms with E-state index in [0.29, 0.717) is 19.4 Å². The van der Waals surface area contributed by atoms with E-state index in [0.717, 1.165) is 6.07 Å². The van der Waals surface area contributed by atoms with E-state index in [4.69, 9.17) is 22.1 Å². The molecule has 8 heteroatoms. The smallest absolute Gasteiger partial charge is 0.243 e. The van der Waals surface area contributed by atoms with Crippen molar-refractivity contribution in [2.45, 2.75) is 36.8 Å². The van der Waals surface area contributed by atoms with Crippen molar-refractivity contribution in [1.29, 1.82) is 0 Å². The minimum absolute atomic E-state index is 0.0574. The van der Waals surface area contributed by atoms with Crippen LogP contribution in [-0.4, -0.2) is 27.2 Å². The van der Waals surface area contributed by atoms with E-state index in [-0.39, 0.29) is 22.9 Å². The van der Waals surface area contributed by atoms with Crippen molar-refractivity contribution in [3.05, 3.63) is 23.0 Å². The maximum absolute atomic E-state index is 13.8. The van der Waals surface area contributed by atoms with Gasteiger partial charge < -0.3 is 10.5 Å². The lowest BCUT2D eigenvalue weighted by molar-refractivity contribution is -0.00476. The Bertz CT molecular complexity index is 603. The molecule has 1 fully saturated rings. The van der Waals surface area contributed by atoms with Gasteiger partial charge >= 0.3 is 0 Å². The number of hydrogen-bond acceptors (Lipinski definition) is 4. The lowest BCUT2D eigenvalue weighted by Crippen LogP contribution is -2.47. The number of benzene rings is 1. The molecule has 0 bridgehead atoms. The van der Waals surface area contributed by atoms with Crippen LogP contribution in [0.3, 0.4) is 0 Å². The molecule has 0 aliphatic heterocycles. The van der Waals surface area contributed by atoms with Gasteiger partial charge in [-0.25, -0.2) is 17.5 Å². The van der Waals surface area contributed by atoms with E-state index in [1.54, 1.807) is 0 Å². The van der Waals surface area contributed by atoms with Gasteiger partial charge in [0.15, 0.2) is 5.82 Å². The van der Waals surface area contributed by atoms with Crippen LogP contribution in [0.15, 0.2) is 17.0 Å². The van der Waals surface area contributed by atoms with Gasteiger partial charge in [-0.05, 0) is 31.9 Å². The number of rotatable bonds is 5. The van der Waals surface area contributed by atoms with E-state index in [1.165, 1.54) is 6.07 Å². The fourth-order valence-corrected chi connectivity index (χ4v) is 3.78. The highest BCUT2D eigenvalue weighted by Crippen LogP contribution is 2.28. The van der Waals surface area contributed by atoms with Gasteiger partial charge in [-0.1, -0.05) is 11.6 Å². The summed E-state index contributed by atoms with van der Waals surface area (Å²) in [5.41, 5.74) is 5.60. The van der Waals surface area contributed by atoms with Crippen LogP contribution in [0, 0.1) is 5.82 Å². The highest BCUT2D eigenvalue weighted by molar-refractivity contribution is 7.89. The summed E-state index contributed by atoms with van der Waals surface area (Å²) in [6.45, 7) is 2.46. The second-order valence-electron chi connectivity index (χ2n) is 4.68. The summed E-state index contributed by atoms with van der Waals surface area (Å²) in [4.78, 5) is -0.526. The average Bonchev–Trinajstić information content (AvgIpc) is 2.31. The molecule has 2 rings (SSSR count). The summed E-state index contributed by atoms with van der Waals surface area (Å²) in [5.74, 6) is -0.992. The molecule has 1 saturated carbocycles. The molecule has 112 valence electrons. The lowest BCUT2D eigenvalue weighted by atomic mass is 9.90. The topological polar surface area (TPSA) is 81.4 Å². The zero-order valence-electron chi connectivity index (χ0n) is 10.9. The molecular formula is C12H16ClFN2O3S. The van der Waals surface area contributed by atoms with Crippen molar-refractivity contribution in [3.63, 3.8) is 0 Å². The molecule has 0 heterocycles. The molecule has 0 aromatic heterocycles. The molecular weight excluding hydrogens is 307 g/mol. The summed E-state index contributed by atoms with van der Waals surface area (Å²) in [5, 5.41) is -0.314. The molecule has 0 spiro atoms. The fourth-order valence-electron chi connectivity index (χ4n) is 2.10. The van der Waals surface area contributed by atoms with Gasteiger partial charge in [0.1, 0.15) is 4.90 Å². The van der Waals surface area contributed by atoms with Crippen molar-refractivity contribution in [2.75, 3.05) is 12.3 Å². The minimum Gasteiger partial charge on any atom is -0.399 e. The first kappa shape index (κ1) is 15.5. The summed E-state index contributed by atoms with van der Waals surface area (Å²) in [7, 11) is -3.98. The molecule has 1 aromatic rings. The van der Waals surface area contributed by atoms with Crippen LogP contribution in [-0.2, 0) is 14.8 Å². The number of hydrogen-bond donors (Lipinski definition) is 2. The van der Waals surface area contributed by atoms with Crippen molar-refractivity contribution in [1.82, 2.24) is 4.72 Å².